The minimum absolute atomic E-state index is 0.000220. The summed E-state index contributed by atoms with van der Waals surface area (Å²) in [6.45, 7) is 0.0340. The summed E-state index contributed by atoms with van der Waals surface area (Å²) in [7, 11) is 3.49. The van der Waals surface area contributed by atoms with Crippen molar-refractivity contribution >= 4 is 17.6 Å². The van der Waals surface area contributed by atoms with Crippen molar-refractivity contribution in [2.24, 2.45) is 5.92 Å². The van der Waals surface area contributed by atoms with Crippen LogP contribution >= 0.6 is 0 Å². The number of aromatic nitrogens is 1. The van der Waals surface area contributed by atoms with Crippen LogP contribution in [0.4, 0.5) is 14.5 Å². The smallest absolute Gasteiger partial charge is 0.387 e. The molecule has 0 spiro atoms. The van der Waals surface area contributed by atoms with Crippen LogP contribution in [0.3, 0.4) is 0 Å². The van der Waals surface area contributed by atoms with Gasteiger partial charge < -0.3 is 19.1 Å². The van der Waals surface area contributed by atoms with Crippen LogP contribution in [0.15, 0.2) is 60.7 Å². The first-order valence-corrected chi connectivity index (χ1v) is 13.6. The average molecular weight is 566 g/mol. The maximum absolute atomic E-state index is 13.2. The van der Waals surface area contributed by atoms with Crippen LogP contribution in [0.25, 0.3) is 0 Å². The normalized spacial score (nSPS) is 18.8. The van der Waals surface area contributed by atoms with E-state index in [1.54, 1.807) is 31.3 Å². The minimum atomic E-state index is -2.95. The van der Waals surface area contributed by atoms with Gasteiger partial charge in [-0.15, -0.1) is 0 Å². The largest absolute Gasteiger partial charge is 0.489 e. The lowest BCUT2D eigenvalue weighted by Crippen LogP contribution is -2.36. The van der Waals surface area contributed by atoms with E-state index in [4.69, 9.17) is 9.47 Å². The molecule has 2 atom stereocenters. The molecular formula is C31H33F2N3O5. The van der Waals surface area contributed by atoms with Gasteiger partial charge >= 0.3 is 12.6 Å². The molecule has 1 amide bonds. The molecule has 2 aromatic carbocycles. The molecule has 3 aromatic rings. The quantitative estimate of drug-likeness (QED) is 0.303. The van der Waals surface area contributed by atoms with Gasteiger partial charge in [-0.3, -0.25) is 9.69 Å². The number of alkyl halides is 2. The van der Waals surface area contributed by atoms with Crippen LogP contribution in [0.5, 0.6) is 17.4 Å². The highest BCUT2D eigenvalue weighted by molar-refractivity contribution is 6.04. The fourth-order valence-corrected chi connectivity index (χ4v) is 4.91. The molecule has 1 aliphatic carbocycles. The number of amides is 1. The number of likely N-dealkylation sites (N-methyl/N-ethyl adjacent to an activating group) is 1. The molecule has 0 unspecified atom stereocenters. The summed E-state index contributed by atoms with van der Waals surface area (Å²) in [5, 5.41) is 0. The summed E-state index contributed by atoms with van der Waals surface area (Å²) < 4.78 is 41.9. The molecule has 0 N–H and O–H groups in total. The molecule has 1 saturated carbocycles. The van der Waals surface area contributed by atoms with Gasteiger partial charge in [0.2, 0.25) is 5.88 Å². The van der Waals surface area contributed by atoms with E-state index in [1.807, 2.05) is 43.1 Å². The van der Waals surface area contributed by atoms with E-state index in [0.717, 1.165) is 29.7 Å². The number of pyridine rings is 1. The Bertz CT molecular complexity index is 1400. The van der Waals surface area contributed by atoms with Gasteiger partial charge in [-0.05, 0) is 81.0 Å². The number of hydrogen-bond donors (Lipinski definition) is 0. The third kappa shape index (κ3) is 7.00. The second kappa shape index (κ2) is 12.2. The molecule has 1 saturated heterocycles. The van der Waals surface area contributed by atoms with Crippen molar-refractivity contribution < 1.29 is 32.6 Å². The van der Waals surface area contributed by atoms with Gasteiger partial charge in [0.1, 0.15) is 11.7 Å². The molecule has 5 rings (SSSR count). The van der Waals surface area contributed by atoms with Gasteiger partial charge in [-0.2, -0.15) is 8.78 Å². The minimum Gasteiger partial charge on any atom is -0.489 e. The molecule has 1 aromatic heterocycles. The summed E-state index contributed by atoms with van der Waals surface area (Å²) in [5.74, 6) is -0.0968. The van der Waals surface area contributed by atoms with Crippen molar-refractivity contribution in [3.63, 3.8) is 0 Å². The fourth-order valence-electron chi connectivity index (χ4n) is 4.91. The van der Waals surface area contributed by atoms with Crippen molar-refractivity contribution in [2.75, 3.05) is 32.1 Å². The lowest BCUT2D eigenvalue weighted by atomic mass is 9.96. The molecule has 8 nitrogen and oxygen atoms in total. The van der Waals surface area contributed by atoms with E-state index in [9.17, 15) is 18.4 Å². The highest BCUT2D eigenvalue weighted by Crippen LogP contribution is 2.38. The topological polar surface area (TPSA) is 81.2 Å². The number of halogens is 2. The van der Waals surface area contributed by atoms with Crippen molar-refractivity contribution in [3.05, 3.63) is 77.5 Å². The van der Waals surface area contributed by atoms with Crippen molar-refractivity contribution in [2.45, 2.75) is 44.8 Å². The Morgan fingerprint density at radius 2 is 1.83 bits per heavy atom. The lowest BCUT2D eigenvalue weighted by molar-refractivity contribution is -0.139. The maximum Gasteiger partial charge on any atom is 0.387 e. The Balaban J connectivity index is 1.25. The van der Waals surface area contributed by atoms with E-state index < -0.39 is 18.6 Å². The number of carbonyl (C=O) groups is 2. The average Bonchev–Trinajstić information content (AvgIpc) is 3.70. The molecule has 0 bridgehead atoms. The second-order valence-corrected chi connectivity index (χ2v) is 10.7. The summed E-state index contributed by atoms with van der Waals surface area (Å²) in [5.41, 5.74) is 2.82. The first kappa shape index (κ1) is 28.5. The molecular weight excluding hydrogens is 532 g/mol. The Kier molecular flexibility index (Phi) is 8.49. The molecule has 2 aliphatic rings. The molecule has 0 radical (unpaired) electrons. The van der Waals surface area contributed by atoms with Crippen LogP contribution < -0.4 is 19.1 Å². The highest BCUT2D eigenvalue weighted by atomic mass is 19.3. The third-order valence-corrected chi connectivity index (χ3v) is 7.52. The van der Waals surface area contributed by atoms with Crippen LogP contribution in [0.1, 0.15) is 46.8 Å². The Hall–Kier alpha value is -4.05. The number of benzene rings is 2. The van der Waals surface area contributed by atoms with E-state index >= 15 is 0 Å². The molecule has 216 valence electrons. The lowest BCUT2D eigenvalue weighted by Gasteiger charge is -2.18. The van der Waals surface area contributed by atoms with Crippen LogP contribution in [-0.4, -0.2) is 61.7 Å². The van der Waals surface area contributed by atoms with Gasteiger partial charge in [0.05, 0.1) is 6.61 Å². The first-order chi connectivity index (χ1) is 19.7. The number of aryl methyl sites for hydroxylation is 1. The standard InChI is InChI=1S/C31H33F2N3O5/c1-19-7-12-23(13-8-19)36(3)29(37)24-5-4-6-28(34-24)41-30(38)25-15-22(17-35(25)2)21-11-14-26(40-31(32)33)27(16-21)39-18-20-9-10-20/h4-8,11-14,16,20,22,25,31H,9-10,15,17-18H2,1-3H3/t22-,25-/m0/s1. The van der Waals surface area contributed by atoms with E-state index in [2.05, 4.69) is 9.72 Å². The van der Waals surface area contributed by atoms with Crippen LogP contribution in [0, 0.1) is 12.8 Å². The van der Waals surface area contributed by atoms with Crippen molar-refractivity contribution in [3.8, 4) is 17.4 Å². The molecule has 1 aliphatic heterocycles. The zero-order chi connectivity index (χ0) is 29.1. The number of hydrogen-bond acceptors (Lipinski definition) is 7. The van der Waals surface area contributed by atoms with Gasteiger partial charge in [-0.25, -0.2) is 9.78 Å². The van der Waals surface area contributed by atoms with Crippen molar-refractivity contribution in [1.82, 2.24) is 9.88 Å². The van der Waals surface area contributed by atoms with E-state index in [0.29, 0.717) is 25.5 Å². The van der Waals surface area contributed by atoms with Crippen LogP contribution in [0.2, 0.25) is 0 Å². The number of esters is 1. The Morgan fingerprint density at radius 1 is 1.07 bits per heavy atom. The molecule has 2 fully saturated rings. The first-order valence-electron chi connectivity index (χ1n) is 13.6. The number of nitrogens with zero attached hydrogens (tertiary/aromatic N) is 3. The van der Waals surface area contributed by atoms with Gasteiger partial charge in [0.15, 0.2) is 11.5 Å². The van der Waals surface area contributed by atoms with E-state index in [1.165, 1.54) is 17.0 Å². The summed E-state index contributed by atoms with van der Waals surface area (Å²) in [6.07, 6.45) is 2.59. The number of anilines is 1. The highest BCUT2D eigenvalue weighted by Gasteiger charge is 2.37. The number of carbonyl (C=O) groups excluding carboxylic acids is 2. The van der Waals surface area contributed by atoms with E-state index in [-0.39, 0.29) is 34.9 Å². The number of rotatable bonds is 10. The predicted octanol–water partition coefficient (Wildman–Crippen LogP) is 5.45. The zero-order valence-electron chi connectivity index (χ0n) is 23.3. The summed E-state index contributed by atoms with van der Waals surface area (Å²) in [4.78, 5) is 33.9. The third-order valence-electron chi connectivity index (χ3n) is 7.52. The fraction of sp³-hybridized carbons (Fsp3) is 0.387. The maximum atomic E-state index is 13.2. The monoisotopic (exact) mass is 565 g/mol. The molecule has 41 heavy (non-hydrogen) atoms. The zero-order valence-corrected chi connectivity index (χ0v) is 23.3. The van der Waals surface area contributed by atoms with Gasteiger partial charge in [0.25, 0.3) is 5.91 Å². The molecule has 2 heterocycles. The van der Waals surface area contributed by atoms with Crippen molar-refractivity contribution in [1.29, 1.82) is 0 Å². The predicted molar refractivity (Wildman–Crippen MR) is 149 cm³/mol. The number of ether oxygens (including phenoxy) is 3. The summed E-state index contributed by atoms with van der Waals surface area (Å²) >= 11 is 0. The SMILES string of the molecule is Cc1ccc(N(C)C(=O)c2cccc(OC(=O)[C@@H]3C[C@H](c4ccc(OC(F)F)c(OCC5CC5)c4)CN3C)n2)cc1. The Morgan fingerprint density at radius 3 is 2.54 bits per heavy atom. The van der Waals surface area contributed by atoms with Crippen LogP contribution in [-0.2, 0) is 4.79 Å². The number of likely N-dealkylation sites (tertiary alicyclic amines) is 1. The molecule has 10 heteroatoms. The van der Waals surface area contributed by atoms with Gasteiger partial charge in [-0.1, -0.05) is 29.8 Å². The Labute approximate surface area is 237 Å². The summed E-state index contributed by atoms with van der Waals surface area (Å²) in [6, 6.07) is 16.7. The van der Waals surface area contributed by atoms with Gasteiger partial charge in [0, 0.05) is 25.3 Å². The second-order valence-electron chi connectivity index (χ2n) is 10.7.